The molecule has 0 aliphatic carbocycles. The molecule has 2 heterocycles. The maximum absolute atomic E-state index is 12.1. The molecule has 0 atom stereocenters. The van der Waals surface area contributed by atoms with E-state index in [-0.39, 0.29) is 43.9 Å². The molecule has 10 nitrogen and oxygen atoms in total. The van der Waals surface area contributed by atoms with Crippen molar-refractivity contribution < 1.29 is 18.8 Å². The van der Waals surface area contributed by atoms with Gasteiger partial charge in [-0.3, -0.25) is 14.3 Å². The van der Waals surface area contributed by atoms with Gasteiger partial charge in [0, 0.05) is 13.1 Å². The van der Waals surface area contributed by atoms with Crippen molar-refractivity contribution in [2.75, 3.05) is 19.7 Å². The Bertz CT molecular complexity index is 1080. The first kappa shape index (κ1) is 22.6. The summed E-state index contributed by atoms with van der Waals surface area (Å²) in [5, 5.41) is 14.3. The third-order valence-corrected chi connectivity index (χ3v) is 5.03. The largest absolute Gasteiger partial charge is 0.482 e. The molecule has 2 amide bonds. The minimum Gasteiger partial charge on any atom is -0.482 e. The van der Waals surface area contributed by atoms with Crippen LogP contribution in [0.3, 0.4) is 0 Å². The van der Waals surface area contributed by atoms with Crippen LogP contribution in [-0.4, -0.2) is 51.4 Å². The van der Waals surface area contributed by atoms with Gasteiger partial charge in [-0.1, -0.05) is 40.5 Å². The number of hydrogen-bond acceptors (Lipinski definition) is 7. The molecule has 0 fully saturated rings. The maximum Gasteiger partial charge on any atom is 0.316 e. The van der Waals surface area contributed by atoms with Crippen molar-refractivity contribution in [1.82, 2.24) is 30.6 Å². The lowest BCUT2D eigenvalue weighted by atomic mass is 10.3. The van der Waals surface area contributed by atoms with Crippen LogP contribution in [0.1, 0.15) is 27.9 Å². The summed E-state index contributed by atoms with van der Waals surface area (Å²) in [6.07, 6.45) is 0. The van der Waals surface area contributed by atoms with Gasteiger partial charge in [-0.25, -0.2) is 0 Å². The molecule has 0 aliphatic heterocycles. The van der Waals surface area contributed by atoms with Gasteiger partial charge in [0.25, 0.3) is 5.91 Å². The van der Waals surface area contributed by atoms with Crippen molar-refractivity contribution in [3.05, 3.63) is 57.4 Å². The highest BCUT2D eigenvalue weighted by molar-refractivity contribution is 6.32. The Morgan fingerprint density at radius 2 is 1.90 bits per heavy atom. The Kier molecular flexibility index (Phi) is 7.48. The van der Waals surface area contributed by atoms with Gasteiger partial charge in [-0.05, 0) is 26.0 Å². The first-order valence-corrected chi connectivity index (χ1v) is 10.0. The SMILES string of the molecule is Cc1nn(Cc2noc(C(=O)NCCNC(=O)COc3ccccc3Cl)n2)c(C)c1Cl. The monoisotopic (exact) mass is 466 g/mol. The summed E-state index contributed by atoms with van der Waals surface area (Å²) in [6, 6.07) is 6.85. The number of amides is 2. The van der Waals surface area contributed by atoms with E-state index >= 15 is 0 Å². The van der Waals surface area contributed by atoms with E-state index < -0.39 is 5.91 Å². The van der Waals surface area contributed by atoms with E-state index in [9.17, 15) is 9.59 Å². The third-order valence-electron chi connectivity index (χ3n) is 4.17. The summed E-state index contributed by atoms with van der Waals surface area (Å²) in [5.74, 6) is -0.375. The van der Waals surface area contributed by atoms with Crippen molar-refractivity contribution in [2.45, 2.75) is 20.4 Å². The first-order chi connectivity index (χ1) is 14.8. The molecule has 2 N–H and O–H groups in total. The van der Waals surface area contributed by atoms with E-state index in [2.05, 4.69) is 25.9 Å². The fourth-order valence-electron chi connectivity index (χ4n) is 2.58. The standard InChI is InChI=1S/C19H20Cl2N6O4/c1-11-17(21)12(2)27(25-11)9-15-24-19(31-26-15)18(29)23-8-7-22-16(28)10-30-14-6-4-3-5-13(14)20/h3-6H,7-10H2,1-2H3,(H,22,28)(H,23,29). The van der Waals surface area contributed by atoms with E-state index in [4.69, 9.17) is 32.5 Å². The topological polar surface area (TPSA) is 124 Å². The van der Waals surface area contributed by atoms with Crippen LogP contribution in [0.15, 0.2) is 28.8 Å². The summed E-state index contributed by atoms with van der Waals surface area (Å²) in [7, 11) is 0. The summed E-state index contributed by atoms with van der Waals surface area (Å²) in [5.41, 5.74) is 1.46. The number of halogens is 2. The third kappa shape index (κ3) is 5.96. The second-order valence-electron chi connectivity index (χ2n) is 6.48. The molecular formula is C19H20Cl2N6O4. The highest BCUT2D eigenvalue weighted by atomic mass is 35.5. The second-order valence-corrected chi connectivity index (χ2v) is 7.27. The summed E-state index contributed by atoms with van der Waals surface area (Å²) in [6.45, 7) is 4.01. The molecule has 0 unspecified atom stereocenters. The molecule has 12 heteroatoms. The zero-order valence-corrected chi connectivity index (χ0v) is 18.3. The predicted octanol–water partition coefficient (Wildman–Crippen LogP) is 2.16. The lowest BCUT2D eigenvalue weighted by Crippen LogP contribution is -2.36. The molecule has 0 saturated carbocycles. The fraction of sp³-hybridized carbons (Fsp3) is 0.316. The Hall–Kier alpha value is -3.11. The number of nitrogens with one attached hydrogen (secondary N) is 2. The van der Waals surface area contributed by atoms with Gasteiger partial charge in [-0.15, -0.1) is 0 Å². The van der Waals surface area contributed by atoms with Gasteiger partial charge < -0.3 is 19.9 Å². The molecule has 0 spiro atoms. The molecule has 1 aromatic carbocycles. The number of aromatic nitrogens is 4. The number of benzene rings is 1. The molecule has 0 aliphatic rings. The fourth-order valence-corrected chi connectivity index (χ4v) is 2.91. The lowest BCUT2D eigenvalue weighted by molar-refractivity contribution is -0.123. The number of aryl methyl sites for hydroxylation is 1. The zero-order valence-electron chi connectivity index (χ0n) is 16.8. The molecule has 3 rings (SSSR count). The molecule has 164 valence electrons. The van der Waals surface area contributed by atoms with Gasteiger partial charge in [-0.2, -0.15) is 10.1 Å². The summed E-state index contributed by atoms with van der Waals surface area (Å²) >= 11 is 12.1. The minimum absolute atomic E-state index is 0.168. The highest BCUT2D eigenvalue weighted by Gasteiger charge is 2.17. The van der Waals surface area contributed by atoms with E-state index in [0.29, 0.717) is 21.5 Å². The van der Waals surface area contributed by atoms with E-state index in [1.807, 2.05) is 6.92 Å². The van der Waals surface area contributed by atoms with Gasteiger partial charge >= 0.3 is 11.8 Å². The number of carbonyl (C=O) groups excluding carboxylic acids is 2. The number of para-hydroxylation sites is 1. The zero-order chi connectivity index (χ0) is 22.4. The summed E-state index contributed by atoms with van der Waals surface area (Å²) in [4.78, 5) is 28.0. The second kappa shape index (κ2) is 10.3. The molecule has 3 aromatic rings. The summed E-state index contributed by atoms with van der Waals surface area (Å²) < 4.78 is 11.9. The highest BCUT2D eigenvalue weighted by Crippen LogP contribution is 2.22. The Morgan fingerprint density at radius 3 is 2.61 bits per heavy atom. The van der Waals surface area contributed by atoms with E-state index in [0.717, 1.165) is 5.69 Å². The van der Waals surface area contributed by atoms with Gasteiger partial charge in [0.2, 0.25) is 0 Å². The predicted molar refractivity (Wildman–Crippen MR) is 112 cm³/mol. The molecule has 0 bridgehead atoms. The number of rotatable bonds is 9. The van der Waals surface area contributed by atoms with Crippen molar-refractivity contribution >= 4 is 35.0 Å². The van der Waals surface area contributed by atoms with Crippen LogP contribution >= 0.6 is 23.2 Å². The normalized spacial score (nSPS) is 10.7. The minimum atomic E-state index is -0.549. The molecule has 31 heavy (non-hydrogen) atoms. The van der Waals surface area contributed by atoms with Crippen LogP contribution < -0.4 is 15.4 Å². The number of hydrogen-bond donors (Lipinski definition) is 2. The van der Waals surface area contributed by atoms with E-state index in [1.54, 1.807) is 35.9 Å². The van der Waals surface area contributed by atoms with Crippen LogP contribution in [0.4, 0.5) is 0 Å². The molecule has 2 aromatic heterocycles. The van der Waals surface area contributed by atoms with Crippen molar-refractivity contribution in [1.29, 1.82) is 0 Å². The number of carbonyl (C=O) groups is 2. The van der Waals surface area contributed by atoms with Crippen LogP contribution in [0.25, 0.3) is 0 Å². The van der Waals surface area contributed by atoms with E-state index in [1.165, 1.54) is 0 Å². The van der Waals surface area contributed by atoms with Crippen molar-refractivity contribution in [2.24, 2.45) is 0 Å². The Balaban J connectivity index is 1.39. The average molecular weight is 467 g/mol. The average Bonchev–Trinajstić information content (AvgIpc) is 3.31. The van der Waals surface area contributed by atoms with Gasteiger partial charge in [0.05, 0.1) is 21.4 Å². The Morgan fingerprint density at radius 1 is 1.16 bits per heavy atom. The molecular weight excluding hydrogens is 447 g/mol. The van der Waals surface area contributed by atoms with Crippen molar-refractivity contribution in [3.8, 4) is 5.75 Å². The number of nitrogens with zero attached hydrogens (tertiary/aromatic N) is 4. The van der Waals surface area contributed by atoms with Crippen LogP contribution in [0, 0.1) is 13.8 Å². The van der Waals surface area contributed by atoms with Crippen LogP contribution in [0.2, 0.25) is 10.0 Å². The van der Waals surface area contributed by atoms with Crippen LogP contribution in [0.5, 0.6) is 5.75 Å². The maximum atomic E-state index is 12.1. The lowest BCUT2D eigenvalue weighted by Gasteiger charge is -2.08. The molecule has 0 radical (unpaired) electrons. The van der Waals surface area contributed by atoms with Crippen LogP contribution in [-0.2, 0) is 11.3 Å². The number of ether oxygens (including phenoxy) is 1. The quantitative estimate of drug-likeness (QED) is 0.462. The first-order valence-electron chi connectivity index (χ1n) is 9.29. The van der Waals surface area contributed by atoms with Gasteiger partial charge in [0.15, 0.2) is 12.4 Å². The van der Waals surface area contributed by atoms with Crippen molar-refractivity contribution in [3.63, 3.8) is 0 Å². The van der Waals surface area contributed by atoms with Gasteiger partial charge in [0.1, 0.15) is 12.3 Å². The Labute approximate surface area is 187 Å². The molecule has 0 saturated heterocycles. The smallest absolute Gasteiger partial charge is 0.316 e.